The highest BCUT2D eigenvalue weighted by Crippen LogP contribution is 2.14. The standard InChI is InChI=1S/C7H5N3O2/c11-6-5-3-8-4-10-7(5)12-2-1-9-6/h1-4H,(H,9,11). The molecule has 0 saturated carbocycles. The van der Waals surface area contributed by atoms with Crippen LogP contribution in [0.5, 0.6) is 5.88 Å². The van der Waals surface area contributed by atoms with Crippen LogP contribution in [0.25, 0.3) is 0 Å². The molecular weight excluding hydrogens is 158 g/mol. The molecule has 0 radical (unpaired) electrons. The maximum Gasteiger partial charge on any atom is 0.262 e. The summed E-state index contributed by atoms with van der Waals surface area (Å²) in [7, 11) is 0. The zero-order chi connectivity index (χ0) is 8.39. The minimum absolute atomic E-state index is 0.264. The lowest BCUT2D eigenvalue weighted by molar-refractivity contribution is 0.0969. The molecule has 60 valence electrons. The van der Waals surface area contributed by atoms with E-state index in [0.29, 0.717) is 5.56 Å². The van der Waals surface area contributed by atoms with Gasteiger partial charge >= 0.3 is 0 Å². The minimum atomic E-state index is -0.264. The van der Waals surface area contributed by atoms with Gasteiger partial charge in [-0.25, -0.2) is 9.97 Å². The maximum atomic E-state index is 11.2. The fraction of sp³-hybridized carbons (Fsp3) is 0. The number of carbonyl (C=O) groups is 1. The number of nitrogens with one attached hydrogen (secondary N) is 1. The predicted octanol–water partition coefficient (Wildman–Crippen LogP) is 0.0700. The van der Waals surface area contributed by atoms with Gasteiger partial charge in [0.05, 0.1) is 0 Å². The normalized spacial score (nSPS) is 14.2. The number of ether oxygens (including phenoxy) is 1. The van der Waals surface area contributed by atoms with Crippen molar-refractivity contribution in [2.75, 3.05) is 0 Å². The zero-order valence-corrected chi connectivity index (χ0v) is 6.02. The van der Waals surface area contributed by atoms with Gasteiger partial charge in [-0.15, -0.1) is 0 Å². The number of fused-ring (bicyclic) bond motifs is 1. The summed E-state index contributed by atoms with van der Waals surface area (Å²) in [5.41, 5.74) is 0.336. The third-order valence-corrected chi connectivity index (χ3v) is 1.38. The van der Waals surface area contributed by atoms with Gasteiger partial charge in [0.25, 0.3) is 5.91 Å². The van der Waals surface area contributed by atoms with Crippen molar-refractivity contribution in [1.82, 2.24) is 15.3 Å². The molecule has 0 bridgehead atoms. The number of carbonyl (C=O) groups excluding carboxylic acids is 1. The highest BCUT2D eigenvalue weighted by molar-refractivity contribution is 5.96. The van der Waals surface area contributed by atoms with Crippen LogP contribution in [0.15, 0.2) is 25.0 Å². The summed E-state index contributed by atoms with van der Waals surface area (Å²) in [4.78, 5) is 18.7. The lowest BCUT2D eigenvalue weighted by Gasteiger charge is -1.99. The number of aromatic nitrogens is 2. The van der Waals surface area contributed by atoms with Crippen LogP contribution in [0.1, 0.15) is 10.4 Å². The van der Waals surface area contributed by atoms with Crippen molar-refractivity contribution >= 4 is 5.91 Å². The summed E-state index contributed by atoms with van der Waals surface area (Å²) in [5, 5.41) is 2.48. The number of hydrogen-bond acceptors (Lipinski definition) is 4. The lowest BCUT2D eigenvalue weighted by Crippen LogP contribution is -2.16. The topological polar surface area (TPSA) is 64.1 Å². The van der Waals surface area contributed by atoms with E-state index in [1.54, 1.807) is 0 Å². The Morgan fingerprint density at radius 1 is 1.50 bits per heavy atom. The van der Waals surface area contributed by atoms with Crippen molar-refractivity contribution in [2.24, 2.45) is 0 Å². The molecule has 1 aromatic heterocycles. The molecule has 0 unspecified atom stereocenters. The molecule has 1 N–H and O–H groups in total. The van der Waals surface area contributed by atoms with Crippen LogP contribution in [0.2, 0.25) is 0 Å². The van der Waals surface area contributed by atoms with Gasteiger partial charge in [0, 0.05) is 12.4 Å². The first-order valence-corrected chi connectivity index (χ1v) is 3.30. The third-order valence-electron chi connectivity index (χ3n) is 1.38. The van der Waals surface area contributed by atoms with E-state index in [2.05, 4.69) is 15.3 Å². The van der Waals surface area contributed by atoms with Crippen LogP contribution in [-0.4, -0.2) is 15.9 Å². The van der Waals surface area contributed by atoms with Gasteiger partial charge in [-0.2, -0.15) is 0 Å². The first-order valence-electron chi connectivity index (χ1n) is 3.30. The van der Waals surface area contributed by atoms with E-state index < -0.39 is 0 Å². The van der Waals surface area contributed by atoms with Crippen LogP contribution in [-0.2, 0) is 0 Å². The molecule has 0 fully saturated rings. The Bertz CT molecular complexity index is 348. The van der Waals surface area contributed by atoms with E-state index in [1.807, 2.05) is 0 Å². The molecule has 2 rings (SSSR count). The Balaban J connectivity index is 2.52. The molecule has 1 aliphatic rings. The monoisotopic (exact) mass is 163 g/mol. The van der Waals surface area contributed by atoms with Gasteiger partial charge in [-0.05, 0) is 0 Å². The molecule has 12 heavy (non-hydrogen) atoms. The van der Waals surface area contributed by atoms with Crippen LogP contribution >= 0.6 is 0 Å². The van der Waals surface area contributed by atoms with Gasteiger partial charge in [-0.3, -0.25) is 4.79 Å². The summed E-state index contributed by atoms with van der Waals surface area (Å²) in [6, 6.07) is 0. The van der Waals surface area contributed by atoms with Gasteiger partial charge in [-0.1, -0.05) is 0 Å². The molecule has 0 saturated heterocycles. The van der Waals surface area contributed by atoms with Crippen molar-refractivity contribution in [3.63, 3.8) is 0 Å². The van der Waals surface area contributed by atoms with E-state index >= 15 is 0 Å². The molecule has 5 heteroatoms. The molecule has 0 aliphatic carbocycles. The average molecular weight is 163 g/mol. The molecule has 5 nitrogen and oxygen atoms in total. The van der Waals surface area contributed by atoms with Crippen molar-refractivity contribution in [3.05, 3.63) is 30.5 Å². The Morgan fingerprint density at radius 3 is 3.33 bits per heavy atom. The van der Waals surface area contributed by atoms with E-state index in [4.69, 9.17) is 4.74 Å². The van der Waals surface area contributed by atoms with Crippen LogP contribution in [0, 0.1) is 0 Å². The summed E-state index contributed by atoms with van der Waals surface area (Å²) in [5.74, 6) is 0.00981. The molecule has 0 spiro atoms. The number of nitrogens with zero attached hydrogens (tertiary/aromatic N) is 2. The molecule has 0 atom stereocenters. The summed E-state index contributed by atoms with van der Waals surface area (Å²) in [6.45, 7) is 0. The Labute approximate surface area is 68.1 Å². The second-order valence-corrected chi connectivity index (χ2v) is 2.14. The SMILES string of the molecule is O=C1NC=COc2ncncc21. The second-order valence-electron chi connectivity index (χ2n) is 2.14. The molecule has 0 aromatic carbocycles. The summed E-state index contributed by atoms with van der Waals surface area (Å²) >= 11 is 0. The Morgan fingerprint density at radius 2 is 2.42 bits per heavy atom. The summed E-state index contributed by atoms with van der Waals surface area (Å²) < 4.78 is 5.00. The van der Waals surface area contributed by atoms with Gasteiger partial charge in [0.1, 0.15) is 18.2 Å². The third kappa shape index (κ3) is 1.01. The van der Waals surface area contributed by atoms with Crippen LogP contribution in [0.3, 0.4) is 0 Å². The van der Waals surface area contributed by atoms with Crippen LogP contribution in [0.4, 0.5) is 0 Å². The fourth-order valence-corrected chi connectivity index (χ4v) is 0.854. The molecule has 1 aromatic rings. The van der Waals surface area contributed by atoms with Gasteiger partial charge in [0.2, 0.25) is 5.88 Å². The quantitative estimate of drug-likeness (QED) is 0.587. The second kappa shape index (κ2) is 2.61. The fourth-order valence-electron chi connectivity index (χ4n) is 0.854. The van der Waals surface area contributed by atoms with E-state index in [0.717, 1.165) is 0 Å². The van der Waals surface area contributed by atoms with Crippen molar-refractivity contribution < 1.29 is 9.53 Å². The molecular formula is C7H5N3O2. The van der Waals surface area contributed by atoms with Crippen molar-refractivity contribution in [3.8, 4) is 5.88 Å². The minimum Gasteiger partial charge on any atom is -0.444 e. The Kier molecular flexibility index (Phi) is 1.48. The van der Waals surface area contributed by atoms with Crippen molar-refractivity contribution in [2.45, 2.75) is 0 Å². The highest BCUT2D eigenvalue weighted by Gasteiger charge is 2.14. The predicted molar refractivity (Wildman–Crippen MR) is 39.3 cm³/mol. The molecule has 1 aliphatic heterocycles. The highest BCUT2D eigenvalue weighted by atomic mass is 16.5. The van der Waals surface area contributed by atoms with Gasteiger partial charge in [0.15, 0.2) is 0 Å². The largest absolute Gasteiger partial charge is 0.444 e. The number of amides is 1. The summed E-state index contributed by atoms with van der Waals surface area (Å²) in [6.07, 6.45) is 5.50. The average Bonchev–Trinajstić information content (AvgIpc) is 2.29. The van der Waals surface area contributed by atoms with E-state index in [9.17, 15) is 4.79 Å². The first-order chi connectivity index (χ1) is 5.88. The Hall–Kier alpha value is -1.91. The first kappa shape index (κ1) is 6.78. The van der Waals surface area contributed by atoms with Crippen molar-refractivity contribution in [1.29, 1.82) is 0 Å². The van der Waals surface area contributed by atoms with Crippen LogP contribution < -0.4 is 10.1 Å². The molecule has 1 amide bonds. The van der Waals surface area contributed by atoms with Gasteiger partial charge < -0.3 is 10.1 Å². The smallest absolute Gasteiger partial charge is 0.262 e. The maximum absolute atomic E-state index is 11.2. The van der Waals surface area contributed by atoms with E-state index in [1.165, 1.54) is 25.0 Å². The lowest BCUT2D eigenvalue weighted by atomic mass is 10.3. The van der Waals surface area contributed by atoms with E-state index in [-0.39, 0.29) is 11.8 Å². The molecule has 2 heterocycles. The number of rotatable bonds is 0. The zero-order valence-electron chi connectivity index (χ0n) is 6.02. The number of hydrogen-bond donors (Lipinski definition) is 1.